The van der Waals surface area contributed by atoms with Gasteiger partial charge in [0.15, 0.2) is 0 Å². The quantitative estimate of drug-likeness (QED) is 0.329. The fourth-order valence-corrected chi connectivity index (χ4v) is 2.75. The van der Waals surface area contributed by atoms with Crippen molar-refractivity contribution in [1.82, 2.24) is 14.8 Å². The molecule has 0 saturated carbocycles. The number of rotatable bonds is 7. The van der Waals surface area contributed by atoms with E-state index >= 15 is 0 Å². The van der Waals surface area contributed by atoms with Gasteiger partial charge in [0.2, 0.25) is 0 Å². The van der Waals surface area contributed by atoms with E-state index in [0.29, 0.717) is 35.7 Å². The van der Waals surface area contributed by atoms with E-state index in [0.717, 1.165) is 5.56 Å². The molecule has 0 aliphatic heterocycles. The van der Waals surface area contributed by atoms with E-state index in [9.17, 15) is 14.9 Å². The van der Waals surface area contributed by atoms with Crippen LogP contribution < -0.4 is 5.73 Å². The van der Waals surface area contributed by atoms with Crippen LogP contribution in [0.25, 0.3) is 22.5 Å². The molecule has 3 aromatic rings. The number of pyridine rings is 1. The van der Waals surface area contributed by atoms with Crippen LogP contribution in [0, 0.1) is 10.1 Å². The minimum absolute atomic E-state index is 0. The van der Waals surface area contributed by atoms with Crippen LogP contribution in [0.15, 0.2) is 48.7 Å². The molecular weight excluding hydrogens is 433 g/mol. The molecule has 0 unspecified atom stereocenters. The lowest BCUT2D eigenvalue weighted by Crippen LogP contribution is -2.17. The lowest BCUT2D eigenvalue weighted by Gasteiger charge is -2.04. The molecule has 160 valence electrons. The minimum Gasteiger partial charge on any atom is -0.461 e. The molecule has 0 spiro atoms. The van der Waals surface area contributed by atoms with Gasteiger partial charge in [0.05, 0.1) is 29.5 Å². The monoisotopic (exact) mass is 453 g/mol. The third-order valence-electron chi connectivity index (χ3n) is 4.01. The lowest BCUT2D eigenvalue weighted by molar-refractivity contribution is -0.384. The summed E-state index contributed by atoms with van der Waals surface area (Å²) in [4.78, 5) is 27.0. The van der Waals surface area contributed by atoms with Crippen molar-refractivity contribution in [1.29, 1.82) is 0 Å². The zero-order valence-electron chi connectivity index (χ0n) is 16.1. The highest BCUT2D eigenvalue weighted by Gasteiger charge is 2.17. The molecule has 0 saturated heterocycles. The highest BCUT2D eigenvalue weighted by Crippen LogP contribution is 2.27. The molecule has 30 heavy (non-hydrogen) atoms. The SMILES string of the molecule is CCOC(=O)c1cc(-c2ccnc(-c3cccc([N+](=O)[O-])c3)c2)nn1CCN.Cl.Cl. The summed E-state index contributed by atoms with van der Waals surface area (Å²) in [6.07, 6.45) is 1.59. The van der Waals surface area contributed by atoms with Gasteiger partial charge in [0, 0.05) is 36.0 Å². The Bertz CT molecular complexity index is 1030. The Balaban J connectivity index is 0.00000225. The maximum atomic E-state index is 12.2. The molecule has 0 fully saturated rings. The van der Waals surface area contributed by atoms with Crippen molar-refractivity contribution in [2.45, 2.75) is 13.5 Å². The second-order valence-corrected chi connectivity index (χ2v) is 5.88. The van der Waals surface area contributed by atoms with Crippen LogP contribution in [0.2, 0.25) is 0 Å². The summed E-state index contributed by atoms with van der Waals surface area (Å²) in [5.41, 5.74) is 8.37. The normalized spacial score (nSPS) is 9.93. The van der Waals surface area contributed by atoms with Crippen molar-refractivity contribution in [2.75, 3.05) is 13.2 Å². The summed E-state index contributed by atoms with van der Waals surface area (Å²) in [5, 5.41) is 15.5. The maximum Gasteiger partial charge on any atom is 0.356 e. The third kappa shape index (κ3) is 5.53. The average molecular weight is 454 g/mol. The molecule has 9 nitrogen and oxygen atoms in total. The molecule has 2 aromatic heterocycles. The molecule has 0 atom stereocenters. The maximum absolute atomic E-state index is 12.2. The average Bonchev–Trinajstić information content (AvgIpc) is 3.13. The van der Waals surface area contributed by atoms with E-state index in [-0.39, 0.29) is 37.1 Å². The number of non-ortho nitro benzene ring substituents is 1. The number of carbonyl (C=O) groups excluding carboxylic acids is 1. The Labute approximate surface area is 185 Å². The van der Waals surface area contributed by atoms with E-state index < -0.39 is 10.9 Å². The predicted octanol–water partition coefficient (Wildman–Crippen LogP) is 3.50. The predicted molar refractivity (Wildman–Crippen MR) is 117 cm³/mol. The van der Waals surface area contributed by atoms with Crippen LogP contribution >= 0.6 is 24.8 Å². The highest BCUT2D eigenvalue weighted by molar-refractivity contribution is 5.89. The molecule has 0 aliphatic carbocycles. The molecule has 0 bridgehead atoms. The van der Waals surface area contributed by atoms with Gasteiger partial charge in [0.25, 0.3) is 5.69 Å². The van der Waals surface area contributed by atoms with E-state index in [1.54, 1.807) is 43.5 Å². The van der Waals surface area contributed by atoms with Crippen LogP contribution in [-0.4, -0.2) is 38.8 Å². The molecular formula is C19H21Cl2N5O4. The number of hydrogen-bond donors (Lipinski definition) is 1. The molecule has 0 aliphatic rings. The molecule has 3 rings (SSSR count). The number of ether oxygens (including phenoxy) is 1. The first-order valence-corrected chi connectivity index (χ1v) is 8.69. The Hall–Kier alpha value is -3.01. The number of esters is 1. The van der Waals surface area contributed by atoms with E-state index in [2.05, 4.69) is 10.1 Å². The number of halogens is 2. The molecule has 0 amide bonds. The van der Waals surface area contributed by atoms with E-state index in [4.69, 9.17) is 10.5 Å². The summed E-state index contributed by atoms with van der Waals surface area (Å²) in [6.45, 7) is 2.69. The van der Waals surface area contributed by atoms with E-state index in [1.807, 2.05) is 0 Å². The zero-order valence-corrected chi connectivity index (χ0v) is 17.7. The third-order valence-corrected chi connectivity index (χ3v) is 4.01. The van der Waals surface area contributed by atoms with E-state index in [1.165, 1.54) is 16.8 Å². The van der Waals surface area contributed by atoms with Crippen LogP contribution in [0.4, 0.5) is 5.69 Å². The number of nitro groups is 1. The van der Waals surface area contributed by atoms with Gasteiger partial charge in [-0.3, -0.25) is 19.8 Å². The van der Waals surface area contributed by atoms with Crippen molar-refractivity contribution < 1.29 is 14.5 Å². The standard InChI is InChI=1S/C19H19N5O4.2ClH/c1-2-28-19(25)18-12-17(22-23(18)9-7-20)14-6-8-21-16(11-14)13-4-3-5-15(10-13)24(26)27;;/h3-6,8,10-12H,2,7,9,20H2,1H3;2*1H. The summed E-state index contributed by atoms with van der Waals surface area (Å²) in [5.74, 6) is -0.470. The fraction of sp³-hybridized carbons (Fsp3) is 0.211. The zero-order chi connectivity index (χ0) is 20.1. The Morgan fingerprint density at radius 3 is 2.57 bits per heavy atom. The first-order valence-electron chi connectivity index (χ1n) is 8.69. The first-order chi connectivity index (χ1) is 13.5. The molecule has 11 heteroatoms. The Morgan fingerprint density at radius 1 is 1.17 bits per heavy atom. The van der Waals surface area contributed by atoms with Crippen molar-refractivity contribution in [3.8, 4) is 22.5 Å². The molecule has 2 N–H and O–H groups in total. The Kier molecular flexibility index (Phi) is 9.38. The number of nitrogens with two attached hydrogens (primary N) is 1. The smallest absolute Gasteiger partial charge is 0.356 e. The number of aromatic nitrogens is 3. The van der Waals surface area contributed by atoms with Crippen LogP contribution in [0.1, 0.15) is 17.4 Å². The molecule has 1 aromatic carbocycles. The highest BCUT2D eigenvalue weighted by atomic mass is 35.5. The van der Waals surface area contributed by atoms with Gasteiger partial charge >= 0.3 is 5.97 Å². The summed E-state index contributed by atoms with van der Waals surface area (Å²) in [7, 11) is 0. The van der Waals surface area contributed by atoms with Crippen molar-refractivity contribution in [2.24, 2.45) is 5.73 Å². The number of hydrogen-bond acceptors (Lipinski definition) is 7. The summed E-state index contributed by atoms with van der Waals surface area (Å²) < 4.78 is 6.59. The number of carbonyl (C=O) groups is 1. The van der Waals surface area contributed by atoms with Crippen molar-refractivity contribution in [3.63, 3.8) is 0 Å². The van der Waals surface area contributed by atoms with Gasteiger partial charge in [0.1, 0.15) is 5.69 Å². The molecule has 2 heterocycles. The second kappa shape index (κ2) is 11.2. The minimum atomic E-state index is -0.470. The van der Waals surface area contributed by atoms with Gasteiger partial charge in [-0.25, -0.2) is 4.79 Å². The second-order valence-electron chi connectivity index (χ2n) is 5.88. The fourth-order valence-electron chi connectivity index (χ4n) is 2.75. The first kappa shape index (κ1) is 25.0. The number of nitro benzene ring substituents is 1. The number of nitrogens with zero attached hydrogens (tertiary/aromatic N) is 4. The number of benzene rings is 1. The van der Waals surface area contributed by atoms with Crippen LogP contribution in [0.5, 0.6) is 0 Å². The van der Waals surface area contributed by atoms with Gasteiger partial charge in [-0.05, 0) is 25.1 Å². The summed E-state index contributed by atoms with van der Waals surface area (Å²) in [6, 6.07) is 11.4. The summed E-state index contributed by atoms with van der Waals surface area (Å²) >= 11 is 0. The largest absolute Gasteiger partial charge is 0.461 e. The van der Waals surface area contributed by atoms with Gasteiger partial charge in [-0.1, -0.05) is 12.1 Å². The van der Waals surface area contributed by atoms with Crippen molar-refractivity contribution in [3.05, 3.63) is 64.5 Å². The van der Waals surface area contributed by atoms with Crippen LogP contribution in [0.3, 0.4) is 0 Å². The van der Waals surface area contributed by atoms with Gasteiger partial charge in [-0.2, -0.15) is 5.10 Å². The van der Waals surface area contributed by atoms with Crippen molar-refractivity contribution >= 4 is 36.5 Å². The topological polar surface area (TPSA) is 126 Å². The Morgan fingerprint density at radius 2 is 1.90 bits per heavy atom. The lowest BCUT2D eigenvalue weighted by atomic mass is 10.1. The van der Waals surface area contributed by atoms with Gasteiger partial charge in [-0.15, -0.1) is 24.8 Å². The molecule has 0 radical (unpaired) electrons. The van der Waals surface area contributed by atoms with Crippen LogP contribution in [-0.2, 0) is 11.3 Å². The van der Waals surface area contributed by atoms with Gasteiger partial charge < -0.3 is 10.5 Å².